The van der Waals surface area contributed by atoms with Crippen LogP contribution in [0.1, 0.15) is 11.3 Å². The summed E-state index contributed by atoms with van der Waals surface area (Å²) in [6, 6.07) is 9.07. The van der Waals surface area contributed by atoms with Crippen LogP contribution in [0.3, 0.4) is 0 Å². The highest BCUT2D eigenvalue weighted by Crippen LogP contribution is 2.14. The van der Waals surface area contributed by atoms with E-state index in [1.165, 1.54) is 0 Å². The smallest absolute Gasteiger partial charge is 0.144 e. The minimum absolute atomic E-state index is 0.325. The number of nitriles is 1. The Bertz CT molecular complexity index is 560. The number of benzene rings is 1. The Balaban J connectivity index is 2.00. The van der Waals surface area contributed by atoms with E-state index in [1.54, 1.807) is 43.7 Å². The molecule has 0 aliphatic rings. The maximum absolute atomic E-state index is 8.77. The number of aromatic nitrogens is 2. The van der Waals surface area contributed by atoms with Crippen LogP contribution in [0.2, 0.25) is 0 Å². The predicted octanol–water partition coefficient (Wildman–Crippen LogP) is 1.97. The summed E-state index contributed by atoms with van der Waals surface area (Å²) in [7, 11) is 1.79. The first-order valence-electron chi connectivity index (χ1n) is 5.43. The van der Waals surface area contributed by atoms with Gasteiger partial charge in [-0.05, 0) is 18.2 Å². The summed E-state index contributed by atoms with van der Waals surface area (Å²) in [5, 5.41) is 11.7. The van der Waals surface area contributed by atoms with Crippen LogP contribution in [-0.4, -0.2) is 17.0 Å². The molecule has 1 aromatic heterocycles. The van der Waals surface area contributed by atoms with E-state index in [0.717, 1.165) is 5.69 Å². The van der Waals surface area contributed by atoms with E-state index < -0.39 is 0 Å². The zero-order chi connectivity index (χ0) is 12.8. The average Bonchev–Trinajstić information content (AvgIpc) is 2.46. The highest BCUT2D eigenvalue weighted by atomic mass is 16.5. The Morgan fingerprint density at radius 1 is 1.33 bits per heavy atom. The van der Waals surface area contributed by atoms with Crippen LogP contribution in [-0.2, 0) is 6.61 Å². The van der Waals surface area contributed by atoms with E-state index in [4.69, 9.17) is 10.00 Å². The average molecular weight is 240 g/mol. The third-order valence-corrected chi connectivity index (χ3v) is 2.31. The van der Waals surface area contributed by atoms with Gasteiger partial charge in [-0.2, -0.15) is 5.26 Å². The lowest BCUT2D eigenvalue weighted by molar-refractivity contribution is 0.301. The molecule has 1 N–H and O–H groups in total. The standard InChI is InChI=1S/C13H12N4O/c1-15-13-8-16-11(7-17-13)9-18-12-4-2-3-10(5-12)6-14/h2-5,7-8H,9H2,1H3,(H,15,17). The van der Waals surface area contributed by atoms with Gasteiger partial charge < -0.3 is 10.1 Å². The summed E-state index contributed by atoms with van der Waals surface area (Å²) >= 11 is 0. The second-order valence-electron chi connectivity index (χ2n) is 3.57. The molecular weight excluding hydrogens is 228 g/mol. The molecule has 2 rings (SSSR count). The van der Waals surface area contributed by atoms with Gasteiger partial charge in [-0.3, -0.25) is 4.98 Å². The lowest BCUT2D eigenvalue weighted by Gasteiger charge is -2.06. The molecule has 1 aromatic carbocycles. The first-order valence-corrected chi connectivity index (χ1v) is 5.43. The Morgan fingerprint density at radius 2 is 2.22 bits per heavy atom. The van der Waals surface area contributed by atoms with Crippen LogP contribution in [0.4, 0.5) is 5.82 Å². The molecule has 0 atom stereocenters. The van der Waals surface area contributed by atoms with Gasteiger partial charge in [0.05, 0.1) is 29.7 Å². The highest BCUT2D eigenvalue weighted by molar-refractivity contribution is 5.36. The van der Waals surface area contributed by atoms with Gasteiger partial charge in [0.25, 0.3) is 0 Å². The molecule has 0 aliphatic carbocycles. The second kappa shape index (κ2) is 5.64. The Morgan fingerprint density at radius 3 is 2.89 bits per heavy atom. The third-order valence-electron chi connectivity index (χ3n) is 2.31. The number of ether oxygens (including phenoxy) is 1. The van der Waals surface area contributed by atoms with Crippen molar-refractivity contribution in [1.29, 1.82) is 5.26 Å². The summed E-state index contributed by atoms with van der Waals surface area (Å²) in [6.07, 6.45) is 3.30. The molecule has 0 unspecified atom stereocenters. The van der Waals surface area contributed by atoms with Gasteiger partial charge >= 0.3 is 0 Å². The third kappa shape index (κ3) is 2.95. The largest absolute Gasteiger partial charge is 0.487 e. The molecule has 0 saturated carbocycles. The van der Waals surface area contributed by atoms with Crippen LogP contribution in [0.25, 0.3) is 0 Å². The van der Waals surface area contributed by atoms with Gasteiger partial charge in [0, 0.05) is 7.05 Å². The SMILES string of the molecule is CNc1cnc(COc2cccc(C#N)c2)cn1. The van der Waals surface area contributed by atoms with E-state index >= 15 is 0 Å². The zero-order valence-corrected chi connectivity index (χ0v) is 9.92. The van der Waals surface area contributed by atoms with Gasteiger partial charge in [-0.1, -0.05) is 6.07 Å². The number of nitrogens with one attached hydrogen (secondary N) is 1. The molecule has 1 heterocycles. The van der Waals surface area contributed by atoms with Crippen molar-refractivity contribution in [2.45, 2.75) is 6.61 Å². The van der Waals surface area contributed by atoms with E-state index in [0.29, 0.717) is 23.7 Å². The second-order valence-corrected chi connectivity index (χ2v) is 3.57. The van der Waals surface area contributed by atoms with Crippen LogP contribution in [0.5, 0.6) is 5.75 Å². The normalized spacial score (nSPS) is 9.56. The fourth-order valence-corrected chi connectivity index (χ4v) is 1.37. The molecule has 0 radical (unpaired) electrons. The lowest BCUT2D eigenvalue weighted by Crippen LogP contribution is -2.01. The summed E-state index contributed by atoms with van der Waals surface area (Å²) in [6.45, 7) is 0.325. The summed E-state index contributed by atoms with van der Waals surface area (Å²) < 4.78 is 5.53. The van der Waals surface area contributed by atoms with Crippen molar-refractivity contribution < 1.29 is 4.74 Å². The summed E-state index contributed by atoms with van der Waals surface area (Å²) in [5.74, 6) is 1.36. The first-order chi connectivity index (χ1) is 8.81. The van der Waals surface area contributed by atoms with Crippen molar-refractivity contribution in [3.63, 3.8) is 0 Å². The van der Waals surface area contributed by atoms with Gasteiger partial charge in [-0.25, -0.2) is 4.98 Å². The van der Waals surface area contributed by atoms with Crippen LogP contribution < -0.4 is 10.1 Å². The number of anilines is 1. The highest BCUT2D eigenvalue weighted by Gasteiger charge is 1.99. The molecule has 0 amide bonds. The molecule has 2 aromatic rings. The maximum atomic E-state index is 8.77. The minimum atomic E-state index is 0.325. The number of hydrogen-bond donors (Lipinski definition) is 1. The summed E-state index contributed by atoms with van der Waals surface area (Å²) in [4.78, 5) is 8.33. The number of hydrogen-bond acceptors (Lipinski definition) is 5. The van der Waals surface area contributed by atoms with Crippen molar-refractivity contribution in [3.8, 4) is 11.8 Å². The van der Waals surface area contributed by atoms with E-state index in [-0.39, 0.29) is 0 Å². The topological polar surface area (TPSA) is 70.8 Å². The number of nitrogens with zero attached hydrogens (tertiary/aromatic N) is 3. The quantitative estimate of drug-likeness (QED) is 0.884. The Kier molecular flexibility index (Phi) is 3.72. The zero-order valence-electron chi connectivity index (χ0n) is 9.92. The van der Waals surface area contributed by atoms with E-state index in [1.807, 2.05) is 0 Å². The fourth-order valence-electron chi connectivity index (χ4n) is 1.37. The monoisotopic (exact) mass is 240 g/mol. The van der Waals surface area contributed by atoms with Gasteiger partial charge in [-0.15, -0.1) is 0 Å². The molecule has 5 heteroatoms. The maximum Gasteiger partial charge on any atom is 0.144 e. The van der Waals surface area contributed by atoms with Gasteiger partial charge in [0.1, 0.15) is 18.2 Å². The lowest BCUT2D eigenvalue weighted by atomic mass is 10.2. The van der Waals surface area contributed by atoms with E-state index in [9.17, 15) is 0 Å². The van der Waals surface area contributed by atoms with Crippen LogP contribution in [0.15, 0.2) is 36.7 Å². The first kappa shape index (κ1) is 11.9. The van der Waals surface area contributed by atoms with Crippen molar-refractivity contribution in [1.82, 2.24) is 9.97 Å². The van der Waals surface area contributed by atoms with E-state index in [2.05, 4.69) is 21.4 Å². The molecule has 5 nitrogen and oxygen atoms in total. The Hall–Kier alpha value is -2.61. The summed E-state index contributed by atoms with van der Waals surface area (Å²) in [5.41, 5.74) is 1.31. The number of rotatable bonds is 4. The van der Waals surface area contributed by atoms with Gasteiger partial charge in [0.15, 0.2) is 0 Å². The minimum Gasteiger partial charge on any atom is -0.487 e. The van der Waals surface area contributed by atoms with Crippen LogP contribution in [0, 0.1) is 11.3 Å². The molecular formula is C13H12N4O. The molecule has 0 aliphatic heterocycles. The van der Waals surface area contributed by atoms with Crippen molar-refractivity contribution in [2.75, 3.05) is 12.4 Å². The molecule has 0 spiro atoms. The Labute approximate surface area is 105 Å². The fraction of sp³-hybridized carbons (Fsp3) is 0.154. The predicted molar refractivity (Wildman–Crippen MR) is 67.1 cm³/mol. The van der Waals surface area contributed by atoms with Gasteiger partial charge in [0.2, 0.25) is 0 Å². The molecule has 0 fully saturated rings. The van der Waals surface area contributed by atoms with Crippen LogP contribution >= 0.6 is 0 Å². The molecule has 0 saturated heterocycles. The van der Waals surface area contributed by atoms with Crippen molar-refractivity contribution >= 4 is 5.82 Å². The molecule has 18 heavy (non-hydrogen) atoms. The molecule has 0 bridgehead atoms. The molecule has 90 valence electrons. The van der Waals surface area contributed by atoms with Crippen molar-refractivity contribution in [2.24, 2.45) is 0 Å². The van der Waals surface area contributed by atoms with Crippen molar-refractivity contribution in [3.05, 3.63) is 47.9 Å².